The highest BCUT2D eigenvalue weighted by atomic mass is 32.2. The summed E-state index contributed by atoms with van der Waals surface area (Å²) in [4.78, 5) is 11.9. The summed E-state index contributed by atoms with van der Waals surface area (Å²) in [5.74, 6) is -1.65. The molecule has 1 saturated carbocycles. The van der Waals surface area contributed by atoms with E-state index in [9.17, 15) is 26.4 Å². The second-order valence-corrected chi connectivity index (χ2v) is 7.92. The SMILES string of the molecule is NS(=O)(=O)c1ccc(CCC(=O)NC2CCCC(C(F)(F)F)C2)cc1. The quantitative estimate of drug-likeness (QED) is 0.825. The fraction of sp³-hybridized carbons (Fsp3) is 0.562. The Hall–Kier alpha value is -1.61. The number of sulfonamides is 1. The van der Waals surface area contributed by atoms with Crippen molar-refractivity contribution in [2.75, 3.05) is 0 Å². The highest BCUT2D eigenvalue weighted by Gasteiger charge is 2.42. The van der Waals surface area contributed by atoms with Crippen LogP contribution in [0.2, 0.25) is 0 Å². The van der Waals surface area contributed by atoms with Crippen molar-refractivity contribution in [3.63, 3.8) is 0 Å². The Kier molecular flexibility index (Phi) is 6.10. The summed E-state index contributed by atoms with van der Waals surface area (Å²) in [5.41, 5.74) is 0.749. The van der Waals surface area contributed by atoms with Crippen molar-refractivity contribution in [3.05, 3.63) is 29.8 Å². The van der Waals surface area contributed by atoms with Gasteiger partial charge in [-0.05, 0) is 43.4 Å². The van der Waals surface area contributed by atoms with Gasteiger partial charge in [0.15, 0.2) is 0 Å². The molecule has 2 unspecified atom stereocenters. The van der Waals surface area contributed by atoms with E-state index in [1.165, 1.54) is 12.1 Å². The van der Waals surface area contributed by atoms with E-state index in [1.54, 1.807) is 12.1 Å². The van der Waals surface area contributed by atoms with E-state index in [0.29, 0.717) is 19.3 Å². The van der Waals surface area contributed by atoms with E-state index < -0.39 is 28.2 Å². The van der Waals surface area contributed by atoms with Gasteiger partial charge in [-0.25, -0.2) is 13.6 Å². The molecule has 1 fully saturated rings. The Morgan fingerprint density at radius 2 is 1.84 bits per heavy atom. The third-order valence-electron chi connectivity index (χ3n) is 4.39. The first-order chi connectivity index (χ1) is 11.6. The first-order valence-electron chi connectivity index (χ1n) is 8.03. The molecule has 0 aliphatic heterocycles. The van der Waals surface area contributed by atoms with Crippen LogP contribution in [0.15, 0.2) is 29.2 Å². The van der Waals surface area contributed by atoms with Crippen molar-refractivity contribution in [3.8, 4) is 0 Å². The number of carbonyl (C=O) groups is 1. The molecule has 5 nitrogen and oxygen atoms in total. The molecule has 2 atom stereocenters. The number of hydrogen-bond donors (Lipinski definition) is 2. The maximum absolute atomic E-state index is 12.8. The molecular weight excluding hydrogens is 357 g/mol. The van der Waals surface area contributed by atoms with Crippen molar-refractivity contribution in [2.24, 2.45) is 11.1 Å². The lowest BCUT2D eigenvalue weighted by molar-refractivity contribution is -0.184. The first-order valence-corrected chi connectivity index (χ1v) is 9.58. The Morgan fingerprint density at radius 3 is 2.40 bits per heavy atom. The number of carbonyl (C=O) groups excluding carboxylic acids is 1. The second-order valence-electron chi connectivity index (χ2n) is 6.36. The third kappa shape index (κ3) is 6.00. The van der Waals surface area contributed by atoms with Crippen molar-refractivity contribution in [1.82, 2.24) is 5.32 Å². The average Bonchev–Trinajstić information content (AvgIpc) is 2.52. The summed E-state index contributed by atoms with van der Waals surface area (Å²) in [6.07, 6.45) is -2.67. The zero-order chi connectivity index (χ0) is 18.7. The van der Waals surface area contributed by atoms with Crippen LogP contribution in [0.1, 0.15) is 37.7 Å². The van der Waals surface area contributed by atoms with Gasteiger partial charge < -0.3 is 5.32 Å². The van der Waals surface area contributed by atoms with Crippen molar-refractivity contribution in [1.29, 1.82) is 0 Å². The average molecular weight is 378 g/mol. The van der Waals surface area contributed by atoms with Gasteiger partial charge in [0.1, 0.15) is 0 Å². The van der Waals surface area contributed by atoms with E-state index in [4.69, 9.17) is 5.14 Å². The van der Waals surface area contributed by atoms with Crippen molar-refractivity contribution < 1.29 is 26.4 Å². The number of aryl methyl sites for hydroxylation is 1. The minimum Gasteiger partial charge on any atom is -0.353 e. The predicted molar refractivity (Wildman–Crippen MR) is 86.1 cm³/mol. The number of rotatable bonds is 5. The first kappa shape index (κ1) is 19.7. The molecule has 25 heavy (non-hydrogen) atoms. The van der Waals surface area contributed by atoms with Gasteiger partial charge in [0.05, 0.1) is 10.8 Å². The number of amides is 1. The summed E-state index contributed by atoms with van der Waals surface area (Å²) in [6, 6.07) is 5.40. The van der Waals surface area contributed by atoms with Crippen molar-refractivity contribution in [2.45, 2.75) is 55.6 Å². The minimum absolute atomic E-state index is 0.0129. The van der Waals surface area contributed by atoms with E-state index >= 15 is 0 Å². The van der Waals surface area contributed by atoms with Gasteiger partial charge in [-0.1, -0.05) is 18.6 Å². The van der Waals surface area contributed by atoms with E-state index in [2.05, 4.69) is 5.32 Å². The lowest BCUT2D eigenvalue weighted by atomic mass is 9.85. The molecule has 2 rings (SSSR count). The molecule has 1 aliphatic carbocycles. The second kappa shape index (κ2) is 7.74. The number of hydrogen-bond acceptors (Lipinski definition) is 3. The van der Waals surface area contributed by atoms with Gasteiger partial charge in [-0.3, -0.25) is 4.79 Å². The lowest BCUT2D eigenvalue weighted by Crippen LogP contribution is -2.41. The molecule has 0 heterocycles. The summed E-state index contributed by atoms with van der Waals surface area (Å²) >= 11 is 0. The highest BCUT2D eigenvalue weighted by molar-refractivity contribution is 7.89. The number of primary sulfonamides is 1. The number of alkyl halides is 3. The molecule has 0 spiro atoms. The topological polar surface area (TPSA) is 89.3 Å². The van der Waals surface area contributed by atoms with Gasteiger partial charge in [0.2, 0.25) is 15.9 Å². The summed E-state index contributed by atoms with van der Waals surface area (Å²) in [6.45, 7) is 0. The maximum Gasteiger partial charge on any atom is 0.391 e. The molecule has 1 aromatic rings. The molecule has 3 N–H and O–H groups in total. The zero-order valence-electron chi connectivity index (χ0n) is 13.6. The Labute approximate surface area is 144 Å². The molecule has 0 radical (unpaired) electrons. The normalized spacial score (nSPS) is 21.8. The molecule has 0 aromatic heterocycles. The molecule has 1 amide bonds. The molecule has 1 aromatic carbocycles. The summed E-state index contributed by atoms with van der Waals surface area (Å²) < 4.78 is 60.6. The van der Waals surface area contributed by atoms with Crippen LogP contribution in [0.4, 0.5) is 13.2 Å². The fourth-order valence-corrected chi connectivity index (χ4v) is 3.54. The van der Waals surface area contributed by atoms with Gasteiger partial charge in [-0.2, -0.15) is 13.2 Å². The number of nitrogens with one attached hydrogen (secondary N) is 1. The molecule has 0 bridgehead atoms. The lowest BCUT2D eigenvalue weighted by Gasteiger charge is -2.31. The van der Waals surface area contributed by atoms with E-state index in [0.717, 1.165) is 5.56 Å². The summed E-state index contributed by atoms with van der Waals surface area (Å²) in [5, 5.41) is 7.67. The number of nitrogens with two attached hydrogens (primary N) is 1. The smallest absolute Gasteiger partial charge is 0.353 e. The molecule has 140 valence electrons. The Balaban J connectivity index is 1.82. The maximum atomic E-state index is 12.8. The fourth-order valence-electron chi connectivity index (χ4n) is 3.02. The predicted octanol–water partition coefficient (Wildman–Crippen LogP) is 2.50. The third-order valence-corrected chi connectivity index (χ3v) is 5.32. The molecular formula is C16H21F3N2O3S. The van der Waals surface area contributed by atoms with Crippen LogP contribution in [0, 0.1) is 5.92 Å². The van der Waals surface area contributed by atoms with Crippen LogP contribution in [0.3, 0.4) is 0 Å². The van der Waals surface area contributed by atoms with Gasteiger partial charge in [-0.15, -0.1) is 0 Å². The van der Waals surface area contributed by atoms with Gasteiger partial charge >= 0.3 is 6.18 Å². The highest BCUT2D eigenvalue weighted by Crippen LogP contribution is 2.37. The van der Waals surface area contributed by atoms with Crippen LogP contribution in [0.25, 0.3) is 0 Å². The van der Waals surface area contributed by atoms with Crippen LogP contribution in [-0.2, 0) is 21.2 Å². The molecule has 9 heteroatoms. The van der Waals surface area contributed by atoms with E-state index in [1.807, 2.05) is 0 Å². The van der Waals surface area contributed by atoms with Gasteiger partial charge in [0.25, 0.3) is 0 Å². The van der Waals surface area contributed by atoms with Crippen LogP contribution in [-0.4, -0.2) is 26.5 Å². The monoisotopic (exact) mass is 378 g/mol. The Morgan fingerprint density at radius 1 is 1.20 bits per heavy atom. The standard InChI is InChI=1S/C16H21F3N2O3S/c17-16(18,19)12-2-1-3-13(10-12)21-15(22)9-6-11-4-7-14(8-5-11)25(20,23)24/h4-5,7-8,12-13H,1-3,6,9-10H2,(H,21,22)(H2,20,23,24). The number of halogens is 3. The molecule has 0 saturated heterocycles. The number of benzene rings is 1. The van der Waals surface area contributed by atoms with Crippen LogP contribution in [0.5, 0.6) is 0 Å². The van der Waals surface area contributed by atoms with Crippen LogP contribution >= 0.6 is 0 Å². The Bertz CT molecular complexity index is 702. The van der Waals surface area contributed by atoms with Crippen molar-refractivity contribution >= 4 is 15.9 Å². The van der Waals surface area contributed by atoms with Crippen LogP contribution < -0.4 is 10.5 Å². The van der Waals surface area contributed by atoms with E-state index in [-0.39, 0.29) is 30.1 Å². The molecule has 1 aliphatic rings. The minimum atomic E-state index is -4.21. The van der Waals surface area contributed by atoms with Gasteiger partial charge in [0, 0.05) is 12.5 Å². The zero-order valence-corrected chi connectivity index (χ0v) is 14.4. The largest absolute Gasteiger partial charge is 0.391 e. The summed E-state index contributed by atoms with van der Waals surface area (Å²) in [7, 11) is -3.76.